The number of nitrogens with zero attached hydrogens (tertiary/aromatic N) is 3. The summed E-state index contributed by atoms with van der Waals surface area (Å²) in [4.78, 5) is 14.8. The Bertz CT molecular complexity index is 644. The van der Waals surface area contributed by atoms with Crippen LogP contribution in [-0.4, -0.2) is 39.2 Å². The van der Waals surface area contributed by atoms with E-state index in [0.717, 1.165) is 30.6 Å². The van der Waals surface area contributed by atoms with E-state index in [-0.39, 0.29) is 11.9 Å². The van der Waals surface area contributed by atoms with Crippen molar-refractivity contribution in [1.82, 2.24) is 14.7 Å². The number of hydrogen-bond acceptors (Lipinski definition) is 3. The van der Waals surface area contributed by atoms with Crippen LogP contribution in [0.5, 0.6) is 0 Å². The molecule has 0 fully saturated rings. The van der Waals surface area contributed by atoms with Gasteiger partial charge in [-0.1, -0.05) is 23.8 Å². The van der Waals surface area contributed by atoms with Gasteiger partial charge in [-0.05, 0) is 33.1 Å². The summed E-state index contributed by atoms with van der Waals surface area (Å²) in [5.74, 6) is -0.0119. The molecule has 2 atom stereocenters. The predicted molar refractivity (Wildman–Crippen MR) is 98.9 cm³/mol. The number of aromatic nitrogens is 2. The zero-order chi connectivity index (χ0) is 17.7. The molecule has 2 heterocycles. The average molecular weight is 328 g/mol. The fraction of sp³-hybridized carbons (Fsp3) is 0.474. The maximum Gasteiger partial charge on any atom is 0.238 e. The summed E-state index contributed by atoms with van der Waals surface area (Å²) in [6.45, 7) is 12.1. The highest BCUT2D eigenvalue weighted by molar-refractivity contribution is 5.92. The highest BCUT2D eigenvalue weighted by Gasteiger charge is 2.29. The zero-order valence-corrected chi connectivity index (χ0v) is 15.0. The standard InChI is InChI=1S/C19H28N4O/c1-6-8-16-10-14(3)11-17(9-7-2)23(16)13-19(24)20-18-12-22(5)21-15(18)4/h6-7,10,12,16-17H,1-2,8-9,11,13H2,3-5H3,(H,20,24)/t16-,17-/m0/s1. The van der Waals surface area contributed by atoms with Crippen LogP contribution in [0.2, 0.25) is 0 Å². The number of hydrogen-bond donors (Lipinski definition) is 1. The minimum atomic E-state index is -0.0119. The van der Waals surface area contributed by atoms with Crippen LogP contribution in [0.4, 0.5) is 5.69 Å². The molecule has 0 aromatic carbocycles. The lowest BCUT2D eigenvalue weighted by molar-refractivity contribution is -0.118. The third-order valence-electron chi connectivity index (χ3n) is 4.39. The lowest BCUT2D eigenvalue weighted by Gasteiger charge is -2.39. The summed E-state index contributed by atoms with van der Waals surface area (Å²) in [5, 5.41) is 7.24. The Morgan fingerprint density at radius 2 is 2.08 bits per heavy atom. The first-order valence-corrected chi connectivity index (χ1v) is 8.39. The van der Waals surface area contributed by atoms with Crippen LogP contribution in [0.15, 0.2) is 43.2 Å². The second-order valence-corrected chi connectivity index (χ2v) is 6.51. The molecule has 1 aromatic heterocycles. The summed E-state index contributed by atoms with van der Waals surface area (Å²) < 4.78 is 1.71. The van der Waals surface area contributed by atoms with Crippen LogP contribution >= 0.6 is 0 Å². The molecule has 0 aliphatic carbocycles. The molecule has 130 valence electrons. The third-order valence-corrected chi connectivity index (χ3v) is 4.39. The van der Waals surface area contributed by atoms with Crippen molar-refractivity contribution >= 4 is 11.6 Å². The van der Waals surface area contributed by atoms with Crippen molar-refractivity contribution in [2.24, 2.45) is 7.05 Å². The van der Waals surface area contributed by atoms with Crippen molar-refractivity contribution in [2.45, 2.75) is 45.2 Å². The first-order chi connectivity index (χ1) is 11.4. The molecular formula is C19H28N4O. The zero-order valence-electron chi connectivity index (χ0n) is 15.0. The smallest absolute Gasteiger partial charge is 0.238 e. The highest BCUT2D eigenvalue weighted by atomic mass is 16.2. The number of carbonyl (C=O) groups is 1. The minimum Gasteiger partial charge on any atom is -0.322 e. The molecular weight excluding hydrogens is 300 g/mol. The SMILES string of the molecule is C=CC[C@H]1CC(C)=C[C@H](CC=C)N1CC(=O)Nc1cn(C)nc1C. The Morgan fingerprint density at radius 1 is 1.38 bits per heavy atom. The van der Waals surface area contributed by atoms with Crippen LogP contribution in [0.1, 0.15) is 31.9 Å². The van der Waals surface area contributed by atoms with Crippen molar-refractivity contribution < 1.29 is 4.79 Å². The number of anilines is 1. The van der Waals surface area contributed by atoms with Crippen LogP contribution in [0, 0.1) is 6.92 Å². The quantitative estimate of drug-likeness (QED) is 0.782. The summed E-state index contributed by atoms with van der Waals surface area (Å²) in [5.41, 5.74) is 2.96. The van der Waals surface area contributed by atoms with Crippen molar-refractivity contribution in [3.63, 3.8) is 0 Å². The lowest BCUT2D eigenvalue weighted by Crippen LogP contribution is -2.48. The number of carbonyl (C=O) groups excluding carboxylic acids is 1. The minimum absolute atomic E-state index is 0.0119. The molecule has 1 N–H and O–H groups in total. The van der Waals surface area contributed by atoms with Gasteiger partial charge in [0.05, 0.1) is 17.9 Å². The van der Waals surface area contributed by atoms with Gasteiger partial charge in [0.25, 0.3) is 0 Å². The Balaban J connectivity index is 2.12. The molecule has 0 bridgehead atoms. The molecule has 1 aliphatic rings. The van der Waals surface area contributed by atoms with E-state index in [2.05, 4.69) is 41.5 Å². The van der Waals surface area contributed by atoms with Gasteiger partial charge < -0.3 is 5.32 Å². The fourth-order valence-corrected chi connectivity index (χ4v) is 3.36. The van der Waals surface area contributed by atoms with Gasteiger partial charge in [-0.3, -0.25) is 14.4 Å². The number of aryl methyl sites for hydroxylation is 2. The summed E-state index contributed by atoms with van der Waals surface area (Å²) >= 11 is 0. The average Bonchev–Trinajstić information content (AvgIpc) is 2.81. The van der Waals surface area contributed by atoms with Gasteiger partial charge >= 0.3 is 0 Å². The van der Waals surface area contributed by atoms with Crippen molar-refractivity contribution in [3.05, 3.63) is 48.8 Å². The van der Waals surface area contributed by atoms with E-state index in [9.17, 15) is 4.79 Å². The highest BCUT2D eigenvalue weighted by Crippen LogP contribution is 2.26. The number of amides is 1. The molecule has 1 amide bonds. The molecule has 5 heteroatoms. The van der Waals surface area contributed by atoms with Crippen LogP contribution in [-0.2, 0) is 11.8 Å². The second-order valence-electron chi connectivity index (χ2n) is 6.51. The fourth-order valence-electron chi connectivity index (χ4n) is 3.36. The van der Waals surface area contributed by atoms with E-state index in [1.165, 1.54) is 5.57 Å². The van der Waals surface area contributed by atoms with E-state index in [1.54, 1.807) is 4.68 Å². The second kappa shape index (κ2) is 8.11. The number of rotatable bonds is 7. The van der Waals surface area contributed by atoms with Crippen molar-refractivity contribution in [1.29, 1.82) is 0 Å². The number of nitrogens with one attached hydrogen (secondary N) is 1. The molecule has 0 saturated heterocycles. The van der Waals surface area contributed by atoms with Gasteiger partial charge in [0.1, 0.15) is 0 Å². The molecule has 0 radical (unpaired) electrons. The largest absolute Gasteiger partial charge is 0.322 e. The summed E-state index contributed by atoms with van der Waals surface area (Å²) in [7, 11) is 1.85. The van der Waals surface area contributed by atoms with Crippen molar-refractivity contribution in [2.75, 3.05) is 11.9 Å². The van der Waals surface area contributed by atoms with E-state index in [4.69, 9.17) is 0 Å². The Labute approximate surface area is 144 Å². The maximum absolute atomic E-state index is 12.6. The molecule has 0 spiro atoms. The molecule has 1 aliphatic heterocycles. The summed E-state index contributed by atoms with van der Waals surface area (Å²) in [6.07, 6.45) is 10.6. The molecule has 0 unspecified atom stereocenters. The van der Waals surface area contributed by atoms with Gasteiger partial charge in [-0.15, -0.1) is 13.2 Å². The maximum atomic E-state index is 12.6. The van der Waals surface area contributed by atoms with Gasteiger partial charge in [-0.2, -0.15) is 5.10 Å². The molecule has 24 heavy (non-hydrogen) atoms. The normalized spacial score (nSPS) is 21.2. The van der Waals surface area contributed by atoms with Gasteiger partial charge in [0.15, 0.2) is 0 Å². The predicted octanol–water partition coefficient (Wildman–Crippen LogP) is 3.21. The van der Waals surface area contributed by atoms with Crippen LogP contribution < -0.4 is 5.32 Å². The Morgan fingerprint density at radius 3 is 2.67 bits per heavy atom. The first-order valence-electron chi connectivity index (χ1n) is 8.39. The summed E-state index contributed by atoms with van der Waals surface area (Å²) in [6, 6.07) is 0.514. The third kappa shape index (κ3) is 4.45. The molecule has 2 rings (SSSR count). The molecule has 5 nitrogen and oxygen atoms in total. The van der Waals surface area contributed by atoms with Crippen molar-refractivity contribution in [3.8, 4) is 0 Å². The topological polar surface area (TPSA) is 50.2 Å². The lowest BCUT2D eigenvalue weighted by atomic mass is 9.92. The molecule has 1 aromatic rings. The Hall–Kier alpha value is -2.14. The van der Waals surface area contributed by atoms with E-state index < -0.39 is 0 Å². The van der Waals surface area contributed by atoms with Gasteiger partial charge in [-0.25, -0.2) is 0 Å². The van der Waals surface area contributed by atoms with Gasteiger partial charge in [0, 0.05) is 25.3 Å². The monoisotopic (exact) mass is 328 g/mol. The molecule has 0 saturated carbocycles. The Kier molecular flexibility index (Phi) is 6.15. The van der Waals surface area contributed by atoms with E-state index >= 15 is 0 Å². The van der Waals surface area contributed by atoms with E-state index in [0.29, 0.717) is 12.6 Å². The van der Waals surface area contributed by atoms with E-state index in [1.807, 2.05) is 32.3 Å². The van der Waals surface area contributed by atoms with Crippen LogP contribution in [0.3, 0.4) is 0 Å². The van der Waals surface area contributed by atoms with Crippen LogP contribution in [0.25, 0.3) is 0 Å². The van der Waals surface area contributed by atoms with Gasteiger partial charge in [0.2, 0.25) is 5.91 Å². The first kappa shape index (κ1) is 18.2.